The Balaban J connectivity index is 1.92. The van der Waals surface area contributed by atoms with Crippen LogP contribution in [-0.2, 0) is 6.42 Å². The summed E-state index contributed by atoms with van der Waals surface area (Å²) in [5, 5.41) is 21.0. The van der Waals surface area contributed by atoms with Crippen molar-refractivity contribution in [3.63, 3.8) is 0 Å². The Morgan fingerprint density at radius 3 is 2.69 bits per heavy atom. The average molecular weight is 354 g/mol. The first-order valence-electron chi connectivity index (χ1n) is 8.52. The standard InChI is InChI=1S/C21H22O5/c1-13(9-15(23)10-14(2)12-22)3-4-16-17-5-6-21(24)26-20(17)11-19-18(16)7-8-25-19/h3,5-8,10-11,15,22-23H,4,9,12H2,1-2H3/b13-3+,14-10-/t15-/m0/s1. The van der Waals surface area contributed by atoms with Crippen molar-refractivity contribution in [3.8, 4) is 0 Å². The van der Waals surface area contributed by atoms with E-state index in [1.807, 2.05) is 13.0 Å². The molecule has 2 N–H and O–H groups in total. The lowest BCUT2D eigenvalue weighted by Gasteiger charge is -2.09. The van der Waals surface area contributed by atoms with Gasteiger partial charge in [-0.15, -0.1) is 0 Å². The molecule has 0 radical (unpaired) electrons. The lowest BCUT2D eigenvalue weighted by molar-refractivity contribution is 0.220. The molecule has 0 aliphatic carbocycles. The van der Waals surface area contributed by atoms with Crippen molar-refractivity contribution >= 4 is 21.9 Å². The molecular formula is C21H22O5. The lowest BCUT2D eigenvalue weighted by atomic mass is 9.99. The second-order valence-electron chi connectivity index (χ2n) is 6.55. The zero-order valence-corrected chi connectivity index (χ0v) is 14.9. The molecule has 0 saturated heterocycles. The molecule has 0 aliphatic heterocycles. The van der Waals surface area contributed by atoms with Crippen molar-refractivity contribution < 1.29 is 19.0 Å². The number of fused-ring (bicyclic) bond motifs is 2. The highest BCUT2D eigenvalue weighted by molar-refractivity contribution is 5.97. The molecule has 0 bridgehead atoms. The number of furan rings is 1. The zero-order valence-electron chi connectivity index (χ0n) is 14.9. The van der Waals surface area contributed by atoms with Crippen LogP contribution < -0.4 is 5.63 Å². The third kappa shape index (κ3) is 3.95. The van der Waals surface area contributed by atoms with Gasteiger partial charge in [-0.05, 0) is 50.0 Å². The van der Waals surface area contributed by atoms with Crippen LogP contribution in [0, 0.1) is 0 Å². The second kappa shape index (κ2) is 7.72. The maximum atomic E-state index is 11.5. The second-order valence-corrected chi connectivity index (χ2v) is 6.55. The topological polar surface area (TPSA) is 83.8 Å². The van der Waals surface area contributed by atoms with Crippen molar-refractivity contribution in [2.75, 3.05) is 6.61 Å². The summed E-state index contributed by atoms with van der Waals surface area (Å²) < 4.78 is 10.8. The highest BCUT2D eigenvalue weighted by atomic mass is 16.4. The number of allylic oxidation sites excluding steroid dienone is 1. The molecule has 0 saturated carbocycles. The van der Waals surface area contributed by atoms with Crippen molar-refractivity contribution in [2.45, 2.75) is 32.8 Å². The first-order chi connectivity index (χ1) is 12.5. The van der Waals surface area contributed by atoms with Crippen molar-refractivity contribution in [3.05, 3.63) is 69.8 Å². The fourth-order valence-electron chi connectivity index (χ4n) is 3.08. The van der Waals surface area contributed by atoms with E-state index < -0.39 is 11.7 Å². The van der Waals surface area contributed by atoms with Crippen molar-refractivity contribution in [1.29, 1.82) is 0 Å². The summed E-state index contributed by atoms with van der Waals surface area (Å²) in [4.78, 5) is 11.5. The van der Waals surface area contributed by atoms with Gasteiger partial charge in [-0.3, -0.25) is 0 Å². The fraction of sp³-hybridized carbons (Fsp3) is 0.286. The van der Waals surface area contributed by atoms with Crippen LogP contribution >= 0.6 is 0 Å². The van der Waals surface area contributed by atoms with Gasteiger partial charge in [0.25, 0.3) is 0 Å². The number of aliphatic hydroxyl groups excluding tert-OH is 2. The Morgan fingerprint density at radius 1 is 1.15 bits per heavy atom. The van der Waals surface area contributed by atoms with Gasteiger partial charge in [0.2, 0.25) is 0 Å². The van der Waals surface area contributed by atoms with E-state index >= 15 is 0 Å². The maximum absolute atomic E-state index is 11.5. The van der Waals surface area contributed by atoms with Crippen molar-refractivity contribution in [1.82, 2.24) is 0 Å². The van der Waals surface area contributed by atoms with Crippen LogP contribution in [0.3, 0.4) is 0 Å². The summed E-state index contributed by atoms with van der Waals surface area (Å²) in [6, 6.07) is 6.83. The predicted molar refractivity (Wildman–Crippen MR) is 101 cm³/mol. The molecule has 0 fully saturated rings. The van der Waals surface area contributed by atoms with E-state index in [1.165, 1.54) is 6.07 Å². The Labute approximate surface area is 150 Å². The Morgan fingerprint density at radius 2 is 1.92 bits per heavy atom. The van der Waals surface area contributed by atoms with Crippen LogP contribution in [0.4, 0.5) is 0 Å². The molecule has 3 aromatic rings. The maximum Gasteiger partial charge on any atom is 0.336 e. The Kier molecular flexibility index (Phi) is 5.40. The predicted octanol–water partition coefficient (Wildman–Crippen LogP) is 3.72. The van der Waals surface area contributed by atoms with Gasteiger partial charge in [0.05, 0.1) is 19.0 Å². The van der Waals surface area contributed by atoms with E-state index in [-0.39, 0.29) is 6.61 Å². The molecule has 0 unspecified atom stereocenters. The number of hydrogen-bond acceptors (Lipinski definition) is 5. The molecule has 0 aliphatic rings. The van der Waals surface area contributed by atoms with E-state index in [2.05, 4.69) is 6.08 Å². The van der Waals surface area contributed by atoms with Gasteiger partial charge in [0.1, 0.15) is 11.2 Å². The lowest BCUT2D eigenvalue weighted by Crippen LogP contribution is -2.05. The van der Waals surface area contributed by atoms with Crippen LogP contribution in [0.25, 0.3) is 21.9 Å². The summed E-state index contributed by atoms with van der Waals surface area (Å²) in [6.07, 6.45) is 5.83. The summed E-state index contributed by atoms with van der Waals surface area (Å²) in [5.74, 6) is 0. The molecule has 0 amide bonds. The van der Waals surface area contributed by atoms with Gasteiger partial charge in [-0.1, -0.05) is 17.7 Å². The monoisotopic (exact) mass is 354 g/mol. The molecule has 2 heterocycles. The number of hydrogen-bond donors (Lipinski definition) is 2. The quantitative estimate of drug-likeness (QED) is 0.521. The molecule has 26 heavy (non-hydrogen) atoms. The van der Waals surface area contributed by atoms with Crippen molar-refractivity contribution in [2.24, 2.45) is 0 Å². The molecule has 1 aromatic carbocycles. The van der Waals surface area contributed by atoms with Gasteiger partial charge in [-0.25, -0.2) is 4.79 Å². The Hall–Kier alpha value is -2.63. The molecule has 136 valence electrons. The van der Waals surface area contributed by atoms with E-state index in [9.17, 15) is 9.90 Å². The van der Waals surface area contributed by atoms with Crippen LogP contribution in [0.15, 0.2) is 67.5 Å². The Bertz CT molecular complexity index is 1040. The van der Waals surface area contributed by atoms with Gasteiger partial charge in [0.15, 0.2) is 0 Å². The largest absolute Gasteiger partial charge is 0.464 e. The minimum Gasteiger partial charge on any atom is -0.464 e. The third-order valence-corrected chi connectivity index (χ3v) is 4.38. The molecule has 0 spiro atoms. The van der Waals surface area contributed by atoms with Crippen LogP contribution in [0.2, 0.25) is 0 Å². The van der Waals surface area contributed by atoms with Gasteiger partial charge in [0, 0.05) is 22.9 Å². The number of aliphatic hydroxyl groups is 2. The normalized spacial score (nSPS) is 14.3. The van der Waals surface area contributed by atoms with Gasteiger partial charge >= 0.3 is 5.63 Å². The molecule has 5 heteroatoms. The molecular weight excluding hydrogens is 332 g/mol. The average Bonchev–Trinajstić information content (AvgIpc) is 3.06. The van der Waals surface area contributed by atoms with E-state index in [4.69, 9.17) is 13.9 Å². The fourth-order valence-corrected chi connectivity index (χ4v) is 3.08. The van der Waals surface area contributed by atoms with Crippen LogP contribution in [0.5, 0.6) is 0 Å². The van der Waals surface area contributed by atoms with Crippen LogP contribution in [-0.4, -0.2) is 22.9 Å². The van der Waals surface area contributed by atoms with E-state index in [0.29, 0.717) is 24.0 Å². The van der Waals surface area contributed by atoms with E-state index in [1.54, 1.807) is 31.4 Å². The van der Waals surface area contributed by atoms with Gasteiger partial charge < -0.3 is 19.0 Å². The molecule has 3 rings (SSSR count). The smallest absolute Gasteiger partial charge is 0.336 e. The first-order valence-corrected chi connectivity index (χ1v) is 8.52. The molecule has 2 aromatic heterocycles. The highest BCUT2D eigenvalue weighted by Gasteiger charge is 2.11. The molecule has 1 atom stereocenters. The minimum absolute atomic E-state index is 0.0561. The van der Waals surface area contributed by atoms with Gasteiger partial charge in [-0.2, -0.15) is 0 Å². The third-order valence-electron chi connectivity index (χ3n) is 4.38. The summed E-state index contributed by atoms with van der Waals surface area (Å²) in [5.41, 5.74) is 3.58. The minimum atomic E-state index is -0.627. The van der Waals surface area contributed by atoms with E-state index in [0.717, 1.165) is 27.5 Å². The number of rotatable bonds is 6. The highest BCUT2D eigenvalue weighted by Crippen LogP contribution is 2.29. The SMILES string of the molecule is C/C(=C/[C@@H](O)C/C(C)=C/Cc1c2ccoc2cc2oc(=O)ccc12)CO. The number of benzene rings is 1. The zero-order chi connectivity index (χ0) is 18.7. The summed E-state index contributed by atoms with van der Waals surface area (Å²) in [7, 11) is 0. The first kappa shape index (κ1) is 18.2. The summed E-state index contributed by atoms with van der Waals surface area (Å²) in [6.45, 7) is 3.68. The molecule has 5 nitrogen and oxygen atoms in total. The summed E-state index contributed by atoms with van der Waals surface area (Å²) >= 11 is 0. The van der Waals surface area contributed by atoms with Crippen LogP contribution in [0.1, 0.15) is 25.8 Å².